The van der Waals surface area contributed by atoms with E-state index < -0.39 is 35.6 Å². The molecule has 0 radical (unpaired) electrons. The van der Waals surface area contributed by atoms with Gasteiger partial charge in [-0.15, -0.1) is 0 Å². The smallest absolute Gasteiger partial charge is 0.289 e. The zero-order valence-corrected chi connectivity index (χ0v) is 21.1. The Balaban J connectivity index is 1.83. The quantitative estimate of drug-likeness (QED) is 0.244. The van der Waals surface area contributed by atoms with Crippen molar-refractivity contribution < 1.29 is 29.0 Å². The summed E-state index contributed by atoms with van der Waals surface area (Å²) in [5.74, 6) is -2.64. The van der Waals surface area contributed by atoms with Crippen molar-refractivity contribution >= 4 is 34.4 Å². The monoisotopic (exact) mass is 509 g/mol. The molecule has 0 saturated heterocycles. The topological polar surface area (TPSA) is 163 Å². The molecule has 2 atom stereocenters. The molecule has 37 heavy (non-hydrogen) atoms. The zero-order chi connectivity index (χ0) is 27.1. The third-order valence-electron chi connectivity index (χ3n) is 5.79. The molecule has 0 aliphatic rings. The van der Waals surface area contributed by atoms with E-state index in [4.69, 9.17) is 4.74 Å². The van der Waals surface area contributed by atoms with Gasteiger partial charge in [0, 0.05) is 36.1 Å². The van der Waals surface area contributed by atoms with Crippen LogP contribution in [0.1, 0.15) is 36.3 Å². The van der Waals surface area contributed by atoms with Crippen LogP contribution in [0.25, 0.3) is 10.9 Å². The molecule has 0 aliphatic carbocycles. The summed E-state index contributed by atoms with van der Waals surface area (Å²) in [7, 11) is 2.84. The fraction of sp³-hybridized carbons (Fsp3) is 0.346. The Morgan fingerprint density at radius 2 is 1.84 bits per heavy atom. The molecule has 2 heterocycles. The van der Waals surface area contributed by atoms with Gasteiger partial charge in [0.25, 0.3) is 11.8 Å². The largest absolute Gasteiger partial charge is 0.496 e. The predicted molar refractivity (Wildman–Crippen MR) is 136 cm³/mol. The lowest BCUT2D eigenvalue weighted by atomic mass is 9.99. The summed E-state index contributed by atoms with van der Waals surface area (Å²) < 4.78 is 5.34. The number of hydrogen-bond donors (Lipinski definition) is 5. The maximum Gasteiger partial charge on any atom is 0.289 e. The van der Waals surface area contributed by atoms with Gasteiger partial charge in [0.05, 0.1) is 7.11 Å². The molecule has 0 bridgehead atoms. The molecule has 1 aromatic carbocycles. The number of aromatic hydroxyl groups is 1. The van der Waals surface area contributed by atoms with Gasteiger partial charge in [-0.25, -0.2) is 4.98 Å². The standard InChI is InChI=1S/C26H31N5O6/c1-14(2)11-19(31-25(35)20-13-16-17(29-20)8-5-9-21(16)37-4)24(34)30-18(22(32)26(36)27-3)12-15-7-6-10-28-23(15)33/h5-10,13-14,18-19,29H,11-12H2,1-4H3,(H,27,36)(H,28,33)(H,30,34)(H,31,35)/t18-,19-/m0/s1. The van der Waals surface area contributed by atoms with E-state index in [1.54, 1.807) is 30.3 Å². The minimum absolute atomic E-state index is 0.0225. The van der Waals surface area contributed by atoms with Gasteiger partial charge in [0.15, 0.2) is 0 Å². The van der Waals surface area contributed by atoms with E-state index in [0.29, 0.717) is 16.7 Å². The van der Waals surface area contributed by atoms with Crippen LogP contribution in [0.4, 0.5) is 0 Å². The first-order valence-corrected chi connectivity index (χ1v) is 11.8. The van der Waals surface area contributed by atoms with E-state index in [1.165, 1.54) is 26.4 Å². The summed E-state index contributed by atoms with van der Waals surface area (Å²) in [6.45, 7) is 3.78. The molecule has 5 N–H and O–H groups in total. The van der Waals surface area contributed by atoms with E-state index in [-0.39, 0.29) is 35.9 Å². The highest BCUT2D eigenvalue weighted by Crippen LogP contribution is 2.26. The van der Waals surface area contributed by atoms with Crippen molar-refractivity contribution in [2.24, 2.45) is 5.92 Å². The second-order valence-electron chi connectivity index (χ2n) is 8.95. The molecule has 0 aliphatic heterocycles. The molecule has 3 aromatic rings. The second kappa shape index (κ2) is 12.0. The highest BCUT2D eigenvalue weighted by Gasteiger charge is 2.31. The summed E-state index contributed by atoms with van der Waals surface area (Å²) in [6.07, 6.45) is 1.49. The number of ketones is 1. The van der Waals surface area contributed by atoms with Gasteiger partial charge in [-0.3, -0.25) is 19.2 Å². The Morgan fingerprint density at radius 1 is 1.08 bits per heavy atom. The number of pyridine rings is 1. The number of aromatic nitrogens is 2. The van der Waals surface area contributed by atoms with Crippen LogP contribution in [0, 0.1) is 5.92 Å². The number of hydrogen-bond acceptors (Lipinski definition) is 7. The summed E-state index contributed by atoms with van der Waals surface area (Å²) >= 11 is 0. The molecule has 3 amide bonds. The molecule has 0 saturated carbocycles. The van der Waals surface area contributed by atoms with E-state index in [1.807, 2.05) is 13.8 Å². The lowest BCUT2D eigenvalue weighted by Gasteiger charge is -2.23. The molecule has 0 unspecified atom stereocenters. The molecular weight excluding hydrogens is 478 g/mol. The lowest BCUT2D eigenvalue weighted by Crippen LogP contribution is -2.54. The molecule has 11 nitrogen and oxygen atoms in total. The minimum atomic E-state index is -1.29. The molecule has 3 rings (SSSR count). The number of methoxy groups -OCH3 is 1. The van der Waals surface area contributed by atoms with Crippen LogP contribution >= 0.6 is 0 Å². The molecule has 0 spiro atoms. The van der Waals surface area contributed by atoms with Crippen molar-refractivity contribution in [2.75, 3.05) is 14.2 Å². The molecule has 196 valence electrons. The normalized spacial score (nSPS) is 12.6. The number of ether oxygens (including phenoxy) is 1. The first kappa shape index (κ1) is 27.2. The third kappa shape index (κ3) is 6.63. The van der Waals surface area contributed by atoms with Crippen molar-refractivity contribution in [3.8, 4) is 11.6 Å². The average molecular weight is 510 g/mol. The van der Waals surface area contributed by atoms with Gasteiger partial charge >= 0.3 is 0 Å². The van der Waals surface area contributed by atoms with Gasteiger partial charge in [-0.2, -0.15) is 0 Å². The minimum Gasteiger partial charge on any atom is -0.496 e. The van der Waals surface area contributed by atoms with Crippen molar-refractivity contribution in [3.63, 3.8) is 0 Å². The van der Waals surface area contributed by atoms with Crippen molar-refractivity contribution in [2.45, 2.75) is 38.8 Å². The maximum absolute atomic E-state index is 13.3. The number of rotatable bonds is 11. The van der Waals surface area contributed by atoms with E-state index in [9.17, 15) is 24.3 Å². The van der Waals surface area contributed by atoms with Crippen molar-refractivity contribution in [3.05, 3.63) is 53.9 Å². The summed E-state index contributed by atoms with van der Waals surface area (Å²) in [5.41, 5.74) is 1.21. The molecular formula is C26H31N5O6. The summed E-state index contributed by atoms with van der Waals surface area (Å²) in [6, 6.07) is 7.82. The highest BCUT2D eigenvalue weighted by molar-refractivity contribution is 6.38. The Hall–Kier alpha value is -4.41. The van der Waals surface area contributed by atoms with Gasteiger partial charge in [-0.05, 0) is 36.6 Å². The number of nitrogens with zero attached hydrogens (tertiary/aromatic N) is 1. The molecule has 11 heteroatoms. The Morgan fingerprint density at radius 3 is 2.49 bits per heavy atom. The van der Waals surface area contributed by atoms with Gasteiger partial charge < -0.3 is 30.8 Å². The highest BCUT2D eigenvalue weighted by atomic mass is 16.5. The number of amides is 3. The van der Waals surface area contributed by atoms with Gasteiger partial charge in [0.1, 0.15) is 23.5 Å². The Bertz CT molecular complexity index is 1300. The number of benzene rings is 1. The fourth-order valence-electron chi connectivity index (χ4n) is 3.94. The van der Waals surface area contributed by atoms with Crippen LogP contribution in [-0.2, 0) is 20.8 Å². The number of Topliss-reactive ketones (excluding diaryl/α,β-unsaturated/α-hetero) is 1. The first-order valence-electron chi connectivity index (χ1n) is 11.8. The predicted octanol–water partition coefficient (Wildman–Crippen LogP) is 1.46. The fourth-order valence-corrected chi connectivity index (χ4v) is 3.94. The second-order valence-corrected chi connectivity index (χ2v) is 8.95. The van der Waals surface area contributed by atoms with Crippen LogP contribution < -0.4 is 20.7 Å². The van der Waals surface area contributed by atoms with Crippen LogP contribution in [0.2, 0.25) is 0 Å². The third-order valence-corrected chi connectivity index (χ3v) is 5.79. The molecule has 2 aromatic heterocycles. The van der Waals surface area contributed by atoms with Crippen molar-refractivity contribution in [1.29, 1.82) is 0 Å². The summed E-state index contributed by atoms with van der Waals surface area (Å²) in [5, 5.41) is 18.3. The van der Waals surface area contributed by atoms with Crippen LogP contribution in [0.15, 0.2) is 42.6 Å². The number of likely N-dealkylation sites (N-methyl/N-ethyl adjacent to an activating group) is 1. The maximum atomic E-state index is 13.3. The zero-order valence-electron chi connectivity index (χ0n) is 21.1. The van der Waals surface area contributed by atoms with Gasteiger partial charge in [-0.1, -0.05) is 26.0 Å². The van der Waals surface area contributed by atoms with Crippen LogP contribution in [0.3, 0.4) is 0 Å². The number of nitrogens with one attached hydrogen (secondary N) is 4. The van der Waals surface area contributed by atoms with E-state index in [2.05, 4.69) is 25.9 Å². The first-order chi connectivity index (χ1) is 17.6. The Labute approximate surface area is 214 Å². The average Bonchev–Trinajstić information content (AvgIpc) is 3.32. The lowest BCUT2D eigenvalue weighted by molar-refractivity contribution is -0.140. The van der Waals surface area contributed by atoms with Gasteiger partial charge in [0.2, 0.25) is 17.6 Å². The molecule has 0 fully saturated rings. The van der Waals surface area contributed by atoms with Crippen LogP contribution in [-0.4, -0.2) is 64.8 Å². The van der Waals surface area contributed by atoms with E-state index in [0.717, 1.165) is 0 Å². The number of aromatic amines is 1. The van der Waals surface area contributed by atoms with E-state index >= 15 is 0 Å². The summed E-state index contributed by atoms with van der Waals surface area (Å²) in [4.78, 5) is 58.0. The number of H-pyrrole nitrogens is 1. The Kier molecular flexibility index (Phi) is 8.83. The number of fused-ring (bicyclic) bond motifs is 1. The number of carbonyl (C=O) groups excluding carboxylic acids is 4. The van der Waals surface area contributed by atoms with Crippen LogP contribution in [0.5, 0.6) is 11.6 Å². The van der Waals surface area contributed by atoms with Crippen molar-refractivity contribution in [1.82, 2.24) is 25.9 Å². The SMILES string of the molecule is CNC(=O)C(=O)[C@H](Cc1cccnc1O)NC(=O)[C@H](CC(C)C)NC(=O)c1cc2c(OC)cccc2[nH]1. The number of carbonyl (C=O) groups is 4.